The molecule has 0 aromatic carbocycles. The smallest absolute Gasteiger partial charge is 0.333 e. The van der Waals surface area contributed by atoms with E-state index in [2.05, 4.69) is 27.4 Å². The van der Waals surface area contributed by atoms with Crippen molar-refractivity contribution in [2.75, 3.05) is 0 Å². The highest BCUT2D eigenvalue weighted by atomic mass is 16.6. The summed E-state index contributed by atoms with van der Waals surface area (Å²) in [5.41, 5.74) is -0.152. The van der Waals surface area contributed by atoms with Gasteiger partial charge in [0.05, 0.1) is 0 Å². The first-order chi connectivity index (χ1) is 11.1. The Kier molecular flexibility index (Phi) is 4.42. The van der Waals surface area contributed by atoms with Crippen LogP contribution in [0.1, 0.15) is 72.6 Å². The minimum Gasteiger partial charge on any atom is -0.455 e. The topological polar surface area (TPSA) is 43.4 Å². The van der Waals surface area contributed by atoms with Crippen LogP contribution in [0.2, 0.25) is 0 Å². The van der Waals surface area contributed by atoms with Gasteiger partial charge in [0.25, 0.3) is 0 Å². The van der Waals surface area contributed by atoms with Crippen molar-refractivity contribution < 1.29 is 14.3 Å². The lowest BCUT2D eigenvalue weighted by Crippen LogP contribution is -2.60. The molecule has 0 radical (unpaired) electrons. The third-order valence-electron chi connectivity index (χ3n) is 6.35. The van der Waals surface area contributed by atoms with Crippen LogP contribution in [0, 0.1) is 29.1 Å². The van der Waals surface area contributed by atoms with E-state index in [9.17, 15) is 9.59 Å². The zero-order valence-electron chi connectivity index (χ0n) is 15.7. The molecule has 4 fully saturated rings. The fourth-order valence-corrected chi connectivity index (χ4v) is 5.70. The van der Waals surface area contributed by atoms with Crippen molar-refractivity contribution in [1.82, 2.24) is 0 Å². The van der Waals surface area contributed by atoms with E-state index >= 15 is 0 Å². The second kappa shape index (κ2) is 6.00. The van der Waals surface area contributed by atoms with Crippen LogP contribution in [0.4, 0.5) is 0 Å². The first-order valence-corrected chi connectivity index (χ1v) is 9.49. The molecule has 4 bridgehead atoms. The second-order valence-corrected chi connectivity index (χ2v) is 9.88. The predicted molar refractivity (Wildman–Crippen MR) is 94.4 cm³/mol. The van der Waals surface area contributed by atoms with Crippen molar-refractivity contribution in [2.45, 2.75) is 78.2 Å². The van der Waals surface area contributed by atoms with Gasteiger partial charge in [-0.15, -0.1) is 0 Å². The Morgan fingerprint density at radius 1 is 1.04 bits per heavy atom. The molecule has 0 aliphatic heterocycles. The summed E-state index contributed by atoms with van der Waals surface area (Å²) in [7, 11) is 0. The monoisotopic (exact) mass is 332 g/mol. The fraction of sp³-hybridized carbons (Fsp3) is 0.810. The second-order valence-electron chi connectivity index (χ2n) is 9.88. The normalized spacial score (nSPS) is 37.3. The van der Waals surface area contributed by atoms with E-state index in [0.717, 1.165) is 37.5 Å². The van der Waals surface area contributed by atoms with Gasteiger partial charge in [-0.3, -0.25) is 4.79 Å². The Morgan fingerprint density at radius 3 is 1.96 bits per heavy atom. The lowest BCUT2D eigenvalue weighted by Gasteiger charge is -2.60. The molecule has 4 saturated carbocycles. The molecule has 0 N–H and O–H groups in total. The van der Waals surface area contributed by atoms with Crippen LogP contribution >= 0.6 is 0 Å². The van der Waals surface area contributed by atoms with Crippen LogP contribution in [0.15, 0.2) is 12.2 Å². The third-order valence-corrected chi connectivity index (χ3v) is 6.35. The van der Waals surface area contributed by atoms with E-state index in [1.807, 2.05) is 0 Å². The van der Waals surface area contributed by atoms with Crippen molar-refractivity contribution in [2.24, 2.45) is 29.1 Å². The number of Topliss-reactive ketones (excluding diaryl/α,β-unsaturated/α-hetero) is 1. The molecule has 0 heterocycles. The largest absolute Gasteiger partial charge is 0.455 e. The minimum atomic E-state index is -0.564. The van der Waals surface area contributed by atoms with Crippen LogP contribution in [0.5, 0.6) is 0 Å². The van der Waals surface area contributed by atoms with E-state index in [1.54, 1.807) is 6.92 Å². The van der Waals surface area contributed by atoms with Gasteiger partial charge >= 0.3 is 5.97 Å². The molecule has 3 nitrogen and oxygen atoms in total. The van der Waals surface area contributed by atoms with Gasteiger partial charge in [-0.2, -0.15) is 0 Å². The van der Waals surface area contributed by atoms with Gasteiger partial charge in [-0.05, 0) is 56.3 Å². The summed E-state index contributed by atoms with van der Waals surface area (Å²) in [5, 5.41) is 0. The molecule has 0 atom stereocenters. The van der Waals surface area contributed by atoms with Crippen LogP contribution < -0.4 is 0 Å². The molecule has 4 rings (SSSR count). The van der Waals surface area contributed by atoms with Gasteiger partial charge in [-0.1, -0.05) is 27.4 Å². The number of carbonyl (C=O) groups excluding carboxylic acids is 2. The van der Waals surface area contributed by atoms with Gasteiger partial charge < -0.3 is 4.74 Å². The molecule has 3 heteroatoms. The van der Waals surface area contributed by atoms with Crippen LogP contribution in [-0.2, 0) is 14.3 Å². The highest BCUT2D eigenvalue weighted by Gasteiger charge is 2.60. The number of hydrogen-bond acceptors (Lipinski definition) is 3. The van der Waals surface area contributed by atoms with Crippen molar-refractivity contribution in [3.8, 4) is 0 Å². The Bertz CT molecular complexity index is 524. The summed E-state index contributed by atoms with van der Waals surface area (Å²) in [6.07, 6.45) is 6.79. The lowest BCUT2D eigenvalue weighted by atomic mass is 9.48. The average Bonchev–Trinajstić information content (AvgIpc) is 2.41. The molecular formula is C21H32O3. The number of carbonyl (C=O) groups is 2. The molecule has 0 unspecified atom stereocenters. The molecule has 134 valence electrons. The van der Waals surface area contributed by atoms with Crippen LogP contribution in [-0.4, -0.2) is 17.4 Å². The standard InChI is InChI=1S/C21H32O3/c1-13(2)19(23)24-21(12-18(22)11-20(3,4)5)16-7-14-6-15(9-16)10-17(21)8-14/h14-17H,1,6-12H2,2-5H3. The fourth-order valence-electron chi connectivity index (χ4n) is 5.70. The first kappa shape index (κ1) is 17.7. The predicted octanol–water partition coefficient (Wildman–Crippen LogP) is 4.70. The number of ether oxygens (including phenoxy) is 1. The number of rotatable bonds is 5. The molecule has 4 aliphatic carbocycles. The van der Waals surface area contributed by atoms with Gasteiger partial charge in [0.2, 0.25) is 0 Å². The molecular weight excluding hydrogens is 300 g/mol. The first-order valence-electron chi connectivity index (χ1n) is 9.49. The Labute approximate surface area is 146 Å². The molecule has 0 aromatic rings. The minimum absolute atomic E-state index is 0.0252. The summed E-state index contributed by atoms with van der Waals surface area (Å²) in [5.74, 6) is 2.21. The molecule has 0 saturated heterocycles. The summed E-state index contributed by atoms with van der Waals surface area (Å²) >= 11 is 0. The Balaban J connectivity index is 1.86. The SMILES string of the molecule is C=C(C)C(=O)OC1(CC(=O)CC(C)(C)C)C2CC3CC(C2)CC1C3. The number of hydrogen-bond donors (Lipinski definition) is 0. The van der Waals surface area contributed by atoms with E-state index in [1.165, 1.54) is 6.42 Å². The van der Waals surface area contributed by atoms with E-state index < -0.39 is 5.60 Å². The zero-order chi connectivity index (χ0) is 17.7. The van der Waals surface area contributed by atoms with Crippen molar-refractivity contribution >= 4 is 11.8 Å². The molecule has 0 aromatic heterocycles. The molecule has 24 heavy (non-hydrogen) atoms. The van der Waals surface area contributed by atoms with Crippen LogP contribution in [0.3, 0.4) is 0 Å². The maximum Gasteiger partial charge on any atom is 0.333 e. The van der Waals surface area contributed by atoms with Gasteiger partial charge in [0.15, 0.2) is 0 Å². The van der Waals surface area contributed by atoms with Crippen molar-refractivity contribution in [1.29, 1.82) is 0 Å². The molecule has 0 spiro atoms. The van der Waals surface area contributed by atoms with E-state index in [4.69, 9.17) is 4.74 Å². The molecule has 0 amide bonds. The van der Waals surface area contributed by atoms with Gasteiger partial charge in [0.1, 0.15) is 11.4 Å². The summed E-state index contributed by atoms with van der Waals surface area (Å²) in [6.45, 7) is 11.7. The van der Waals surface area contributed by atoms with Crippen molar-refractivity contribution in [3.63, 3.8) is 0 Å². The van der Waals surface area contributed by atoms with E-state index in [0.29, 0.717) is 30.3 Å². The average molecular weight is 332 g/mol. The lowest BCUT2D eigenvalue weighted by molar-refractivity contribution is -0.208. The van der Waals surface area contributed by atoms with Gasteiger partial charge in [-0.25, -0.2) is 4.79 Å². The zero-order valence-corrected chi connectivity index (χ0v) is 15.7. The molecule has 4 aliphatic rings. The third kappa shape index (κ3) is 3.32. The Morgan fingerprint density at radius 2 is 1.54 bits per heavy atom. The van der Waals surface area contributed by atoms with Crippen LogP contribution in [0.25, 0.3) is 0 Å². The highest BCUT2D eigenvalue weighted by Crippen LogP contribution is 2.61. The highest BCUT2D eigenvalue weighted by molar-refractivity contribution is 5.88. The van der Waals surface area contributed by atoms with Gasteiger partial charge in [0, 0.05) is 30.3 Å². The van der Waals surface area contributed by atoms with E-state index in [-0.39, 0.29) is 17.2 Å². The summed E-state index contributed by atoms with van der Waals surface area (Å²) in [6, 6.07) is 0. The number of ketones is 1. The van der Waals surface area contributed by atoms with Crippen molar-refractivity contribution in [3.05, 3.63) is 12.2 Å². The Hall–Kier alpha value is -1.12. The maximum absolute atomic E-state index is 12.8. The quantitative estimate of drug-likeness (QED) is 0.541. The summed E-state index contributed by atoms with van der Waals surface area (Å²) < 4.78 is 6.10. The maximum atomic E-state index is 12.8. The number of esters is 1. The summed E-state index contributed by atoms with van der Waals surface area (Å²) in [4.78, 5) is 25.2.